The molecule has 0 amide bonds. The van der Waals surface area contributed by atoms with Crippen LogP contribution in [0.1, 0.15) is 11.5 Å². The van der Waals surface area contributed by atoms with Gasteiger partial charge in [-0.25, -0.2) is 4.98 Å². The lowest BCUT2D eigenvalue weighted by molar-refractivity contribution is 0.425. The first kappa shape index (κ1) is 14.3. The molecule has 2 aromatic rings. The van der Waals surface area contributed by atoms with Crippen molar-refractivity contribution in [2.24, 2.45) is 0 Å². The van der Waals surface area contributed by atoms with Crippen LogP contribution in [-0.2, 0) is 6.54 Å². The average Bonchev–Trinajstić information content (AvgIpc) is 2.88. The summed E-state index contributed by atoms with van der Waals surface area (Å²) >= 11 is 0. The lowest BCUT2D eigenvalue weighted by Gasteiger charge is -2.12. The van der Waals surface area contributed by atoms with Crippen molar-refractivity contribution in [2.75, 3.05) is 37.8 Å². The highest BCUT2D eigenvalue weighted by molar-refractivity contribution is 5.42. The molecule has 2 N–H and O–H groups in total. The number of aromatic nitrogens is 2. The highest BCUT2D eigenvalue weighted by atomic mass is 16.3. The van der Waals surface area contributed by atoms with Crippen molar-refractivity contribution in [3.05, 3.63) is 35.9 Å². The summed E-state index contributed by atoms with van der Waals surface area (Å²) in [7, 11) is 4.09. The Labute approximate surface area is 119 Å². The van der Waals surface area contributed by atoms with Crippen molar-refractivity contribution in [1.82, 2.24) is 14.9 Å². The van der Waals surface area contributed by atoms with Crippen molar-refractivity contribution < 1.29 is 4.42 Å². The molecule has 0 saturated heterocycles. The lowest BCUT2D eigenvalue weighted by atomic mass is 10.4. The van der Waals surface area contributed by atoms with Gasteiger partial charge in [-0.1, -0.05) is 0 Å². The molecule has 0 unspecified atom stereocenters. The zero-order chi connectivity index (χ0) is 14.4. The van der Waals surface area contributed by atoms with Gasteiger partial charge in [-0.15, -0.1) is 0 Å². The van der Waals surface area contributed by atoms with Crippen LogP contribution in [0, 0.1) is 6.92 Å². The van der Waals surface area contributed by atoms with Crippen molar-refractivity contribution in [1.29, 1.82) is 0 Å². The minimum atomic E-state index is 0.577. The predicted octanol–water partition coefficient (Wildman–Crippen LogP) is 1.96. The summed E-state index contributed by atoms with van der Waals surface area (Å²) in [4.78, 5) is 10.9. The second kappa shape index (κ2) is 6.91. The molecule has 2 rings (SSSR count). The highest BCUT2D eigenvalue weighted by Gasteiger charge is 2.03. The Bertz CT molecular complexity index is 524. The Balaban J connectivity index is 1.93. The zero-order valence-electron chi connectivity index (χ0n) is 12.2. The second-order valence-corrected chi connectivity index (χ2v) is 4.88. The van der Waals surface area contributed by atoms with Crippen LogP contribution >= 0.6 is 0 Å². The maximum Gasteiger partial charge on any atom is 0.225 e. The van der Waals surface area contributed by atoms with Gasteiger partial charge in [0.05, 0.1) is 12.8 Å². The van der Waals surface area contributed by atoms with Crippen LogP contribution < -0.4 is 10.6 Å². The van der Waals surface area contributed by atoms with Gasteiger partial charge in [-0.05, 0) is 33.2 Å². The van der Waals surface area contributed by atoms with Gasteiger partial charge in [-0.2, -0.15) is 4.98 Å². The number of hydrogen-bond donors (Lipinski definition) is 2. The molecule has 108 valence electrons. The van der Waals surface area contributed by atoms with E-state index in [2.05, 4.69) is 25.5 Å². The van der Waals surface area contributed by atoms with E-state index in [1.54, 1.807) is 6.26 Å². The van der Waals surface area contributed by atoms with Crippen molar-refractivity contribution in [3.63, 3.8) is 0 Å². The van der Waals surface area contributed by atoms with Crippen LogP contribution in [0.15, 0.2) is 28.9 Å². The molecule has 0 bridgehead atoms. The molecule has 2 heterocycles. The van der Waals surface area contributed by atoms with Gasteiger partial charge in [0.25, 0.3) is 0 Å². The van der Waals surface area contributed by atoms with Crippen LogP contribution in [0.2, 0.25) is 0 Å². The Morgan fingerprint density at radius 3 is 2.80 bits per heavy atom. The zero-order valence-corrected chi connectivity index (χ0v) is 12.2. The van der Waals surface area contributed by atoms with Gasteiger partial charge in [0.15, 0.2) is 0 Å². The van der Waals surface area contributed by atoms with E-state index in [-0.39, 0.29) is 0 Å². The van der Waals surface area contributed by atoms with Crippen LogP contribution in [0.4, 0.5) is 11.8 Å². The van der Waals surface area contributed by atoms with Crippen LogP contribution in [0.25, 0.3) is 0 Å². The standard InChI is InChI=1S/C14H21N5O/c1-11-9-13(15-6-7-19(2)3)18-14(17-11)16-10-12-5-4-8-20-12/h4-5,8-9H,6-7,10H2,1-3H3,(H2,15,16,17,18). The minimum Gasteiger partial charge on any atom is -0.467 e. The molecule has 0 aromatic carbocycles. The number of rotatable bonds is 7. The SMILES string of the molecule is Cc1cc(NCCN(C)C)nc(NCc2ccco2)n1. The van der Waals surface area contributed by atoms with Crippen LogP contribution in [-0.4, -0.2) is 42.1 Å². The maximum absolute atomic E-state index is 5.27. The number of anilines is 2. The van der Waals surface area contributed by atoms with E-state index < -0.39 is 0 Å². The Kier molecular flexibility index (Phi) is 4.95. The topological polar surface area (TPSA) is 66.2 Å². The third kappa shape index (κ3) is 4.55. The van der Waals surface area contributed by atoms with E-state index in [9.17, 15) is 0 Å². The summed E-state index contributed by atoms with van der Waals surface area (Å²) in [6.45, 7) is 4.34. The van der Waals surface area contributed by atoms with E-state index in [4.69, 9.17) is 4.42 Å². The van der Waals surface area contributed by atoms with Gasteiger partial charge in [-0.3, -0.25) is 0 Å². The minimum absolute atomic E-state index is 0.577. The largest absolute Gasteiger partial charge is 0.467 e. The van der Waals surface area contributed by atoms with Crippen molar-refractivity contribution >= 4 is 11.8 Å². The molecule has 20 heavy (non-hydrogen) atoms. The fraction of sp³-hybridized carbons (Fsp3) is 0.429. The molecule has 0 atom stereocenters. The molecule has 6 nitrogen and oxygen atoms in total. The van der Waals surface area contributed by atoms with E-state index in [1.165, 1.54) is 0 Å². The molecule has 6 heteroatoms. The van der Waals surface area contributed by atoms with E-state index in [1.807, 2.05) is 39.2 Å². The first-order valence-corrected chi connectivity index (χ1v) is 6.64. The molecular formula is C14H21N5O. The monoisotopic (exact) mass is 275 g/mol. The summed E-state index contributed by atoms with van der Waals surface area (Å²) in [6, 6.07) is 5.72. The second-order valence-electron chi connectivity index (χ2n) is 4.88. The molecule has 0 spiro atoms. The van der Waals surface area contributed by atoms with Gasteiger partial charge in [0, 0.05) is 24.8 Å². The Morgan fingerprint density at radius 2 is 2.10 bits per heavy atom. The van der Waals surface area contributed by atoms with Gasteiger partial charge in [0.2, 0.25) is 5.95 Å². The van der Waals surface area contributed by atoms with E-state index in [0.29, 0.717) is 12.5 Å². The number of furan rings is 1. The van der Waals surface area contributed by atoms with E-state index >= 15 is 0 Å². The molecule has 2 aromatic heterocycles. The Morgan fingerprint density at radius 1 is 1.25 bits per heavy atom. The summed E-state index contributed by atoms with van der Waals surface area (Å²) in [5.74, 6) is 2.30. The third-order valence-corrected chi connectivity index (χ3v) is 2.72. The normalized spacial score (nSPS) is 10.8. The lowest BCUT2D eigenvalue weighted by Crippen LogP contribution is -2.21. The summed E-state index contributed by atoms with van der Waals surface area (Å²) in [5, 5.41) is 6.46. The average molecular weight is 275 g/mol. The molecular weight excluding hydrogens is 254 g/mol. The predicted molar refractivity (Wildman–Crippen MR) is 79.8 cm³/mol. The molecule has 0 saturated carbocycles. The van der Waals surface area contributed by atoms with Crippen molar-refractivity contribution in [2.45, 2.75) is 13.5 Å². The molecule has 0 aliphatic heterocycles. The quantitative estimate of drug-likeness (QED) is 0.805. The number of hydrogen-bond acceptors (Lipinski definition) is 6. The van der Waals surface area contributed by atoms with Crippen LogP contribution in [0.5, 0.6) is 0 Å². The Hall–Kier alpha value is -2.08. The van der Waals surface area contributed by atoms with Crippen LogP contribution in [0.3, 0.4) is 0 Å². The summed E-state index contributed by atoms with van der Waals surface area (Å²) in [5.41, 5.74) is 0.925. The number of nitrogens with zero attached hydrogens (tertiary/aromatic N) is 3. The third-order valence-electron chi connectivity index (χ3n) is 2.72. The molecule has 0 fully saturated rings. The van der Waals surface area contributed by atoms with Gasteiger partial charge >= 0.3 is 0 Å². The molecule has 0 aliphatic carbocycles. The van der Waals surface area contributed by atoms with Crippen molar-refractivity contribution in [3.8, 4) is 0 Å². The number of aryl methyl sites for hydroxylation is 1. The molecule has 0 aliphatic rings. The first-order chi connectivity index (χ1) is 9.63. The van der Waals surface area contributed by atoms with Gasteiger partial charge < -0.3 is 20.0 Å². The number of likely N-dealkylation sites (N-methyl/N-ethyl adjacent to an activating group) is 1. The number of nitrogens with one attached hydrogen (secondary N) is 2. The fourth-order valence-electron chi connectivity index (χ4n) is 1.73. The smallest absolute Gasteiger partial charge is 0.225 e. The van der Waals surface area contributed by atoms with E-state index in [0.717, 1.165) is 30.4 Å². The highest BCUT2D eigenvalue weighted by Crippen LogP contribution is 2.10. The fourth-order valence-corrected chi connectivity index (χ4v) is 1.73. The summed E-state index contributed by atoms with van der Waals surface area (Å²) in [6.07, 6.45) is 1.66. The summed E-state index contributed by atoms with van der Waals surface area (Å²) < 4.78 is 5.27. The van der Waals surface area contributed by atoms with Gasteiger partial charge in [0.1, 0.15) is 11.6 Å². The maximum atomic E-state index is 5.27. The molecule has 0 radical (unpaired) electrons. The first-order valence-electron chi connectivity index (χ1n) is 6.64.